The summed E-state index contributed by atoms with van der Waals surface area (Å²) in [7, 11) is -3.87. The normalized spacial score (nSPS) is 13.4. The summed E-state index contributed by atoms with van der Waals surface area (Å²) in [5.41, 5.74) is -0.562. The summed E-state index contributed by atoms with van der Waals surface area (Å²) in [5.74, 6) is 0.478. The zero-order chi connectivity index (χ0) is 13.2. The average Bonchev–Trinajstić information content (AvgIpc) is 2.82. The maximum absolute atomic E-state index is 12.0. The molecule has 1 atom stereocenters. The Morgan fingerprint density at radius 2 is 2.17 bits per heavy atom. The first-order valence-corrected chi connectivity index (χ1v) is 6.68. The molecule has 7 nitrogen and oxygen atoms in total. The minimum absolute atomic E-state index is 0.316. The maximum atomic E-state index is 12.0. The fourth-order valence-electron chi connectivity index (χ4n) is 1.48. The molecule has 2 aromatic heterocycles. The predicted molar refractivity (Wildman–Crippen MR) is 64.4 cm³/mol. The van der Waals surface area contributed by atoms with Crippen LogP contribution in [0.25, 0.3) is 0 Å². The first kappa shape index (κ1) is 12.5. The van der Waals surface area contributed by atoms with Crippen LogP contribution in [0.3, 0.4) is 0 Å². The van der Waals surface area contributed by atoms with Crippen LogP contribution >= 0.6 is 0 Å². The minimum atomic E-state index is -3.87. The second kappa shape index (κ2) is 4.75. The lowest BCUT2D eigenvalue weighted by atomic mass is 10.3. The number of aromatic nitrogens is 3. The minimum Gasteiger partial charge on any atom is -0.366 e. The molecule has 96 valence electrons. The van der Waals surface area contributed by atoms with Crippen molar-refractivity contribution in [3.8, 4) is 0 Å². The Kier molecular flexibility index (Phi) is 3.30. The van der Waals surface area contributed by atoms with Crippen molar-refractivity contribution < 1.29 is 8.42 Å². The number of rotatable bonds is 4. The van der Waals surface area contributed by atoms with Crippen LogP contribution in [0.4, 0.5) is 0 Å². The molecule has 0 aliphatic rings. The zero-order valence-electron chi connectivity index (χ0n) is 9.54. The lowest BCUT2D eigenvalue weighted by Gasteiger charge is -2.11. The maximum Gasteiger partial charge on any atom is 0.246 e. The van der Waals surface area contributed by atoms with Gasteiger partial charge in [-0.15, -0.1) is 0 Å². The third kappa shape index (κ3) is 2.49. The molecule has 3 N–H and O–H groups in total. The van der Waals surface area contributed by atoms with Gasteiger partial charge in [0.15, 0.2) is 0 Å². The first-order chi connectivity index (χ1) is 8.50. The monoisotopic (exact) mass is 268 g/mol. The summed E-state index contributed by atoms with van der Waals surface area (Å²) < 4.78 is 26.3. The predicted octanol–water partition coefficient (Wildman–Crippen LogP) is 0.137. The molecule has 0 spiro atoms. The van der Waals surface area contributed by atoms with Gasteiger partial charge in [-0.05, 0) is 6.92 Å². The van der Waals surface area contributed by atoms with E-state index in [1.54, 1.807) is 13.1 Å². The van der Waals surface area contributed by atoms with Crippen LogP contribution in [0.1, 0.15) is 18.8 Å². The molecule has 2 aromatic rings. The van der Waals surface area contributed by atoms with Crippen molar-refractivity contribution in [2.45, 2.75) is 17.9 Å². The summed E-state index contributed by atoms with van der Waals surface area (Å²) >= 11 is 0. The lowest BCUT2D eigenvalue weighted by molar-refractivity contribution is 0.560. The van der Waals surface area contributed by atoms with Crippen molar-refractivity contribution in [2.75, 3.05) is 0 Å². The Morgan fingerprint density at radius 1 is 1.39 bits per heavy atom. The molecule has 0 amide bonds. The van der Waals surface area contributed by atoms with E-state index in [9.17, 15) is 13.2 Å². The van der Waals surface area contributed by atoms with Crippen LogP contribution in [0, 0.1) is 0 Å². The molecule has 2 rings (SSSR count). The van der Waals surface area contributed by atoms with Crippen LogP contribution < -0.4 is 10.2 Å². The van der Waals surface area contributed by atoms with E-state index in [0.717, 1.165) is 12.3 Å². The van der Waals surface area contributed by atoms with Gasteiger partial charge >= 0.3 is 0 Å². The average molecular weight is 268 g/mol. The van der Waals surface area contributed by atoms with Gasteiger partial charge in [0, 0.05) is 30.9 Å². The molecule has 0 fully saturated rings. The van der Waals surface area contributed by atoms with Crippen molar-refractivity contribution >= 4 is 10.0 Å². The van der Waals surface area contributed by atoms with Crippen LogP contribution in [0.5, 0.6) is 0 Å². The molecule has 0 saturated heterocycles. The summed E-state index contributed by atoms with van der Waals surface area (Å²) in [6.07, 6.45) is 5.64. The van der Waals surface area contributed by atoms with Gasteiger partial charge in [-0.25, -0.2) is 18.1 Å². The number of aromatic amines is 2. The molecule has 0 saturated carbocycles. The van der Waals surface area contributed by atoms with E-state index < -0.39 is 21.5 Å². The standard InChI is InChI=1S/C10H12N4O3S/c1-7(10-12-4-5-13-10)14-18(16,17)9-6-11-3-2-8(9)15/h2-7,14H,1H3,(H,11,15)(H,12,13). The Balaban J connectivity index is 2.29. The second-order valence-corrected chi connectivity index (χ2v) is 5.37. The van der Waals surface area contributed by atoms with Crippen molar-refractivity contribution in [1.82, 2.24) is 19.7 Å². The number of nitrogens with one attached hydrogen (secondary N) is 3. The van der Waals surface area contributed by atoms with Crippen molar-refractivity contribution in [2.24, 2.45) is 0 Å². The van der Waals surface area contributed by atoms with Crippen LogP contribution in [0.15, 0.2) is 40.5 Å². The Bertz CT molecular complexity index is 675. The third-order valence-corrected chi connectivity index (χ3v) is 3.90. The lowest BCUT2D eigenvalue weighted by Crippen LogP contribution is -2.31. The van der Waals surface area contributed by atoms with Gasteiger partial charge in [-0.2, -0.15) is 0 Å². The zero-order valence-corrected chi connectivity index (χ0v) is 10.4. The molecule has 18 heavy (non-hydrogen) atoms. The fraction of sp³-hybridized carbons (Fsp3) is 0.200. The molecule has 8 heteroatoms. The van der Waals surface area contributed by atoms with E-state index in [2.05, 4.69) is 19.7 Å². The van der Waals surface area contributed by atoms with Crippen LogP contribution in [-0.2, 0) is 10.0 Å². The third-order valence-electron chi connectivity index (χ3n) is 2.34. The van der Waals surface area contributed by atoms with E-state index in [-0.39, 0.29) is 4.90 Å². The van der Waals surface area contributed by atoms with E-state index >= 15 is 0 Å². The smallest absolute Gasteiger partial charge is 0.246 e. The first-order valence-electron chi connectivity index (χ1n) is 5.19. The SMILES string of the molecule is CC(NS(=O)(=O)c1c[nH]ccc1=O)c1ncc[nH]1. The van der Waals surface area contributed by atoms with Gasteiger partial charge in [-0.1, -0.05) is 0 Å². The number of nitrogens with zero attached hydrogens (tertiary/aromatic N) is 1. The molecule has 0 aliphatic heterocycles. The van der Waals surface area contributed by atoms with Gasteiger partial charge in [0.1, 0.15) is 10.7 Å². The second-order valence-electron chi connectivity index (χ2n) is 3.69. The molecule has 0 aliphatic carbocycles. The van der Waals surface area contributed by atoms with E-state index in [0.29, 0.717) is 5.82 Å². The molecular formula is C10H12N4O3S. The highest BCUT2D eigenvalue weighted by Crippen LogP contribution is 2.10. The van der Waals surface area contributed by atoms with Crippen LogP contribution in [0.2, 0.25) is 0 Å². The molecule has 2 heterocycles. The van der Waals surface area contributed by atoms with Crippen molar-refractivity contribution in [3.05, 3.63) is 46.9 Å². The fourth-order valence-corrected chi connectivity index (χ4v) is 2.74. The highest BCUT2D eigenvalue weighted by atomic mass is 32.2. The van der Waals surface area contributed by atoms with E-state index in [1.807, 2.05) is 0 Å². The topological polar surface area (TPSA) is 108 Å². The highest BCUT2D eigenvalue weighted by Gasteiger charge is 2.21. The van der Waals surface area contributed by atoms with Gasteiger partial charge in [-0.3, -0.25) is 4.79 Å². The molecule has 0 bridgehead atoms. The van der Waals surface area contributed by atoms with Crippen LogP contribution in [-0.4, -0.2) is 23.4 Å². The summed E-state index contributed by atoms with van der Waals surface area (Å²) in [6.45, 7) is 1.63. The van der Waals surface area contributed by atoms with Crippen molar-refractivity contribution in [1.29, 1.82) is 0 Å². The van der Waals surface area contributed by atoms with Gasteiger partial charge in [0.05, 0.1) is 6.04 Å². The number of imidazole rings is 1. The largest absolute Gasteiger partial charge is 0.366 e. The van der Waals surface area contributed by atoms with E-state index in [1.165, 1.54) is 12.4 Å². The van der Waals surface area contributed by atoms with Gasteiger partial charge in [0.2, 0.25) is 15.5 Å². The molecule has 0 aromatic carbocycles. The highest BCUT2D eigenvalue weighted by molar-refractivity contribution is 7.89. The van der Waals surface area contributed by atoms with Gasteiger partial charge < -0.3 is 9.97 Å². The molecular weight excluding hydrogens is 256 g/mol. The van der Waals surface area contributed by atoms with Gasteiger partial charge in [0.25, 0.3) is 0 Å². The van der Waals surface area contributed by atoms with E-state index in [4.69, 9.17) is 0 Å². The Hall–Kier alpha value is -1.93. The number of pyridine rings is 1. The summed E-state index contributed by atoms with van der Waals surface area (Å²) in [6, 6.07) is 0.608. The Morgan fingerprint density at radius 3 is 2.78 bits per heavy atom. The Labute approximate surface area is 103 Å². The summed E-state index contributed by atoms with van der Waals surface area (Å²) in [4.78, 5) is 20.5. The molecule has 0 radical (unpaired) electrons. The number of hydrogen-bond donors (Lipinski definition) is 3. The van der Waals surface area contributed by atoms with Crippen molar-refractivity contribution in [3.63, 3.8) is 0 Å². The quantitative estimate of drug-likeness (QED) is 0.732. The number of sulfonamides is 1. The number of hydrogen-bond acceptors (Lipinski definition) is 4. The summed E-state index contributed by atoms with van der Waals surface area (Å²) in [5, 5.41) is 0. The molecule has 1 unspecified atom stereocenters. The number of H-pyrrole nitrogens is 2.